The largest absolute Gasteiger partial charge is 0.484 e. The van der Waals surface area contributed by atoms with Crippen LogP contribution in [-0.4, -0.2) is 22.9 Å². The average molecular weight is 191 g/mol. The van der Waals surface area contributed by atoms with Crippen molar-refractivity contribution in [2.24, 2.45) is 0 Å². The summed E-state index contributed by atoms with van der Waals surface area (Å²) in [6.45, 7) is 0.0258. The van der Waals surface area contributed by atoms with Gasteiger partial charge in [-0.3, -0.25) is 4.79 Å². The van der Waals surface area contributed by atoms with E-state index in [0.717, 1.165) is 5.52 Å². The number of carbonyl (C=O) groups is 1. The molecule has 1 aromatic carbocycles. The molecule has 0 amide bonds. The maximum Gasteiger partial charge on any atom is 0.198 e. The van der Waals surface area contributed by atoms with Gasteiger partial charge in [0, 0.05) is 0 Å². The molecular weight excluding hydrogens is 182 g/mol. The van der Waals surface area contributed by atoms with Crippen LogP contribution in [0.2, 0.25) is 0 Å². The van der Waals surface area contributed by atoms with Crippen molar-refractivity contribution in [2.45, 2.75) is 0 Å². The first-order valence-electron chi connectivity index (χ1n) is 4.12. The lowest BCUT2D eigenvalue weighted by Gasteiger charge is -2.01. The molecule has 5 nitrogen and oxygen atoms in total. The molecule has 0 unspecified atom stereocenters. The molecular formula is C9H9N3O2. The molecule has 2 aromatic rings. The first kappa shape index (κ1) is 8.55. The number of hydrogen-bond acceptors (Lipinski definition) is 4. The van der Waals surface area contributed by atoms with Crippen molar-refractivity contribution in [3.8, 4) is 5.75 Å². The van der Waals surface area contributed by atoms with Crippen LogP contribution in [0.15, 0.2) is 18.2 Å². The molecule has 2 rings (SSSR count). The lowest BCUT2D eigenvalue weighted by atomic mass is 10.3. The molecule has 1 aromatic heterocycles. The molecule has 0 aliphatic heterocycles. The van der Waals surface area contributed by atoms with Crippen molar-refractivity contribution in [1.29, 1.82) is 0 Å². The van der Waals surface area contributed by atoms with E-state index in [0.29, 0.717) is 23.5 Å². The fourth-order valence-electron chi connectivity index (χ4n) is 1.27. The predicted molar refractivity (Wildman–Crippen MR) is 52.1 cm³/mol. The van der Waals surface area contributed by atoms with Gasteiger partial charge in [-0.15, -0.1) is 0 Å². The molecule has 0 aliphatic rings. The maximum absolute atomic E-state index is 10.1. The third kappa shape index (κ3) is 1.39. The minimum atomic E-state index is 0.0258. The van der Waals surface area contributed by atoms with Crippen molar-refractivity contribution in [2.75, 3.05) is 12.3 Å². The lowest BCUT2D eigenvalue weighted by molar-refractivity contribution is -0.109. The topological polar surface area (TPSA) is 81.0 Å². The average Bonchev–Trinajstić information content (AvgIpc) is 2.55. The zero-order chi connectivity index (χ0) is 9.97. The number of rotatable bonds is 3. The summed E-state index contributed by atoms with van der Waals surface area (Å²) >= 11 is 0. The number of fused-ring (bicyclic) bond motifs is 1. The molecule has 0 radical (unpaired) electrons. The molecule has 0 spiro atoms. The summed E-state index contributed by atoms with van der Waals surface area (Å²) < 4.78 is 5.19. The highest BCUT2D eigenvalue weighted by Gasteiger charge is 2.05. The summed E-state index contributed by atoms with van der Waals surface area (Å²) in [5, 5.41) is 0. The summed E-state index contributed by atoms with van der Waals surface area (Å²) in [6.07, 6.45) is 0.693. The Morgan fingerprint density at radius 1 is 1.57 bits per heavy atom. The van der Waals surface area contributed by atoms with Crippen molar-refractivity contribution >= 4 is 23.3 Å². The summed E-state index contributed by atoms with van der Waals surface area (Å²) in [7, 11) is 0. The number of benzene rings is 1. The van der Waals surface area contributed by atoms with Crippen LogP contribution in [0.25, 0.3) is 11.0 Å². The van der Waals surface area contributed by atoms with Crippen molar-refractivity contribution in [3.63, 3.8) is 0 Å². The van der Waals surface area contributed by atoms with Gasteiger partial charge in [-0.1, -0.05) is 6.07 Å². The van der Waals surface area contributed by atoms with Gasteiger partial charge in [-0.25, -0.2) is 4.98 Å². The Hall–Kier alpha value is -2.04. The van der Waals surface area contributed by atoms with Crippen LogP contribution in [0.3, 0.4) is 0 Å². The second-order valence-electron chi connectivity index (χ2n) is 2.75. The number of nitrogens with one attached hydrogen (secondary N) is 1. The summed E-state index contributed by atoms with van der Waals surface area (Å²) in [6, 6.07) is 5.36. The molecule has 0 bridgehead atoms. The molecule has 0 atom stereocenters. The molecule has 1 heterocycles. The van der Waals surface area contributed by atoms with E-state index in [2.05, 4.69) is 9.97 Å². The number of aldehydes is 1. The van der Waals surface area contributed by atoms with Crippen LogP contribution < -0.4 is 10.5 Å². The predicted octanol–water partition coefficient (Wildman–Crippen LogP) is 0.723. The van der Waals surface area contributed by atoms with Gasteiger partial charge in [0.25, 0.3) is 0 Å². The number of nitrogens with two attached hydrogens (primary N) is 1. The second kappa shape index (κ2) is 3.37. The van der Waals surface area contributed by atoms with Crippen LogP contribution in [0.4, 0.5) is 5.95 Å². The number of imidazole rings is 1. The number of hydrogen-bond donors (Lipinski definition) is 2. The van der Waals surface area contributed by atoms with E-state index in [1.165, 1.54) is 0 Å². The van der Waals surface area contributed by atoms with Crippen LogP contribution in [-0.2, 0) is 4.79 Å². The zero-order valence-corrected chi connectivity index (χ0v) is 7.36. The smallest absolute Gasteiger partial charge is 0.198 e. The van der Waals surface area contributed by atoms with E-state index in [4.69, 9.17) is 10.5 Å². The van der Waals surface area contributed by atoms with Crippen molar-refractivity contribution in [1.82, 2.24) is 9.97 Å². The number of aromatic amines is 1. The maximum atomic E-state index is 10.1. The molecule has 0 aliphatic carbocycles. The Morgan fingerprint density at radius 3 is 3.21 bits per heavy atom. The summed E-state index contributed by atoms with van der Waals surface area (Å²) in [5.74, 6) is 0.918. The highest BCUT2D eigenvalue weighted by atomic mass is 16.5. The minimum absolute atomic E-state index is 0.0258. The highest BCUT2D eigenvalue weighted by molar-refractivity contribution is 5.83. The Bertz CT molecular complexity index is 464. The van der Waals surface area contributed by atoms with Crippen LogP contribution in [0.1, 0.15) is 0 Å². The molecule has 5 heteroatoms. The lowest BCUT2D eigenvalue weighted by Crippen LogP contribution is -1.97. The summed E-state index contributed by atoms with van der Waals surface area (Å²) in [5.41, 5.74) is 6.94. The monoisotopic (exact) mass is 191 g/mol. The van der Waals surface area contributed by atoms with Gasteiger partial charge in [-0.05, 0) is 12.1 Å². The second-order valence-corrected chi connectivity index (χ2v) is 2.75. The molecule has 14 heavy (non-hydrogen) atoms. The minimum Gasteiger partial charge on any atom is -0.484 e. The third-order valence-electron chi connectivity index (χ3n) is 1.81. The number of carbonyl (C=O) groups excluding carboxylic acids is 1. The Kier molecular flexibility index (Phi) is 2.06. The zero-order valence-electron chi connectivity index (χ0n) is 7.36. The number of para-hydroxylation sites is 1. The van der Waals surface area contributed by atoms with E-state index in [-0.39, 0.29) is 6.61 Å². The molecule has 0 fully saturated rings. The van der Waals surface area contributed by atoms with E-state index in [9.17, 15) is 4.79 Å². The van der Waals surface area contributed by atoms with Gasteiger partial charge >= 0.3 is 0 Å². The van der Waals surface area contributed by atoms with Gasteiger partial charge in [0.1, 0.15) is 17.9 Å². The first-order chi connectivity index (χ1) is 6.81. The van der Waals surface area contributed by atoms with E-state index >= 15 is 0 Å². The van der Waals surface area contributed by atoms with Gasteiger partial charge in [0.15, 0.2) is 12.2 Å². The van der Waals surface area contributed by atoms with Crippen LogP contribution >= 0.6 is 0 Å². The molecule has 3 N–H and O–H groups in total. The van der Waals surface area contributed by atoms with Crippen LogP contribution in [0.5, 0.6) is 5.75 Å². The van der Waals surface area contributed by atoms with Gasteiger partial charge < -0.3 is 15.5 Å². The van der Waals surface area contributed by atoms with Crippen molar-refractivity contribution in [3.05, 3.63) is 18.2 Å². The van der Waals surface area contributed by atoms with E-state index in [1.807, 2.05) is 6.07 Å². The number of aromatic nitrogens is 2. The third-order valence-corrected chi connectivity index (χ3v) is 1.81. The summed E-state index contributed by atoms with van der Waals surface area (Å²) in [4.78, 5) is 17.0. The normalized spacial score (nSPS) is 10.3. The number of nitrogens with zero attached hydrogens (tertiary/aromatic N) is 1. The fourth-order valence-corrected chi connectivity index (χ4v) is 1.27. The van der Waals surface area contributed by atoms with Gasteiger partial charge in [0.2, 0.25) is 0 Å². The fraction of sp³-hybridized carbons (Fsp3) is 0.111. The van der Waals surface area contributed by atoms with E-state index < -0.39 is 0 Å². The van der Waals surface area contributed by atoms with Crippen molar-refractivity contribution < 1.29 is 9.53 Å². The van der Waals surface area contributed by atoms with Gasteiger partial charge in [0.05, 0.1) is 5.52 Å². The van der Waals surface area contributed by atoms with Crippen LogP contribution in [0, 0.1) is 0 Å². The molecule has 0 saturated heterocycles. The van der Waals surface area contributed by atoms with E-state index in [1.54, 1.807) is 12.1 Å². The number of ether oxygens (including phenoxy) is 1. The first-order valence-corrected chi connectivity index (χ1v) is 4.12. The SMILES string of the molecule is Nc1nc2cccc(OCC=O)c2[nH]1. The number of anilines is 1. The number of H-pyrrole nitrogens is 1. The number of nitrogen functional groups attached to an aromatic ring is 1. The Labute approximate surface area is 79.9 Å². The standard InChI is InChI=1S/C9H9N3O2/c10-9-11-6-2-1-3-7(8(6)12-9)14-5-4-13/h1-4H,5H2,(H3,10,11,12). The van der Waals surface area contributed by atoms with Gasteiger partial charge in [-0.2, -0.15) is 0 Å². The molecule has 72 valence electrons. The Morgan fingerprint density at radius 2 is 2.43 bits per heavy atom. The quantitative estimate of drug-likeness (QED) is 0.700. The Balaban J connectivity index is 2.47. The molecule has 0 saturated carbocycles. The highest BCUT2D eigenvalue weighted by Crippen LogP contribution is 2.23.